The Kier molecular flexibility index (Phi) is 8.22. The van der Waals surface area contributed by atoms with Gasteiger partial charge in [0.15, 0.2) is 5.82 Å². The van der Waals surface area contributed by atoms with Gasteiger partial charge in [0.25, 0.3) is 0 Å². The van der Waals surface area contributed by atoms with Gasteiger partial charge in [0.2, 0.25) is 0 Å². The first kappa shape index (κ1) is 34.7. The second kappa shape index (κ2) is 14.2. The van der Waals surface area contributed by atoms with E-state index in [2.05, 4.69) is 187 Å². The van der Waals surface area contributed by atoms with Crippen molar-refractivity contribution in [3.8, 4) is 67.3 Å². The molecule has 12 rings (SSSR count). The van der Waals surface area contributed by atoms with Gasteiger partial charge in [-0.1, -0.05) is 109 Å². The molecule has 0 aliphatic carbocycles. The second-order valence-electron chi connectivity index (χ2n) is 15.3. The first-order valence-corrected chi connectivity index (χ1v) is 21.7. The average molecular weight is 800 g/mol. The van der Waals surface area contributed by atoms with E-state index in [0.717, 1.165) is 61.5 Å². The lowest BCUT2D eigenvalue weighted by Gasteiger charge is -2.14. The largest absolute Gasteiger partial charge is 0.264 e. The predicted octanol–water partition coefficient (Wildman–Crippen LogP) is 15.8. The van der Waals surface area contributed by atoms with Crippen LogP contribution in [0.25, 0.3) is 118 Å². The van der Waals surface area contributed by atoms with E-state index in [4.69, 9.17) is 9.97 Å². The molecule has 3 nitrogen and oxygen atoms in total. The molecular weight excluding hydrogens is 767 g/mol. The SMILES string of the molecule is c1cncc(-c2cccc(-c3cc(-c4ccc5ccccc5c4)nc(-c4cc(-c5ccc6sc7ccccc7c6c5)cc(-c5ccc6sc7ccccc7c6c5)c4)n3)c2)c1. The van der Waals surface area contributed by atoms with Crippen molar-refractivity contribution in [2.75, 3.05) is 0 Å². The summed E-state index contributed by atoms with van der Waals surface area (Å²) in [6.45, 7) is 0. The van der Waals surface area contributed by atoms with Crippen molar-refractivity contribution in [3.63, 3.8) is 0 Å². The van der Waals surface area contributed by atoms with Gasteiger partial charge in [0, 0.05) is 75.0 Å². The zero-order valence-electron chi connectivity index (χ0n) is 32.2. The van der Waals surface area contributed by atoms with Crippen LogP contribution >= 0.6 is 22.7 Å². The van der Waals surface area contributed by atoms with Crippen molar-refractivity contribution >= 4 is 73.8 Å². The van der Waals surface area contributed by atoms with Crippen LogP contribution in [-0.2, 0) is 0 Å². The van der Waals surface area contributed by atoms with E-state index in [-0.39, 0.29) is 0 Å². The van der Waals surface area contributed by atoms with E-state index >= 15 is 0 Å². The Morgan fingerprint density at radius 1 is 0.300 bits per heavy atom. The van der Waals surface area contributed by atoms with E-state index in [1.165, 1.54) is 51.1 Å². The van der Waals surface area contributed by atoms with Gasteiger partial charge in [0.1, 0.15) is 0 Å². The lowest BCUT2D eigenvalue weighted by molar-refractivity contribution is 1.18. The maximum atomic E-state index is 5.41. The molecule has 0 saturated heterocycles. The first-order valence-electron chi connectivity index (χ1n) is 20.0. The fourth-order valence-electron chi connectivity index (χ4n) is 8.51. The molecule has 60 heavy (non-hydrogen) atoms. The summed E-state index contributed by atoms with van der Waals surface area (Å²) in [5.41, 5.74) is 11.5. The summed E-state index contributed by atoms with van der Waals surface area (Å²) in [6, 6.07) is 67.9. The predicted molar refractivity (Wildman–Crippen MR) is 256 cm³/mol. The maximum absolute atomic E-state index is 5.41. The monoisotopic (exact) mass is 799 g/mol. The summed E-state index contributed by atoms with van der Waals surface area (Å²) in [7, 11) is 0. The minimum atomic E-state index is 0.676. The molecule has 0 atom stereocenters. The van der Waals surface area contributed by atoms with E-state index in [1.54, 1.807) is 0 Å². The second-order valence-corrected chi connectivity index (χ2v) is 17.4. The molecule has 0 radical (unpaired) electrons. The summed E-state index contributed by atoms with van der Waals surface area (Å²) in [5, 5.41) is 7.49. The molecule has 0 unspecified atom stereocenters. The first-order chi connectivity index (χ1) is 29.7. The van der Waals surface area contributed by atoms with Gasteiger partial charge in [0.05, 0.1) is 11.4 Å². The topological polar surface area (TPSA) is 38.7 Å². The maximum Gasteiger partial charge on any atom is 0.160 e. The normalized spacial score (nSPS) is 11.7. The van der Waals surface area contributed by atoms with Crippen LogP contribution in [0.5, 0.6) is 0 Å². The van der Waals surface area contributed by atoms with Crippen molar-refractivity contribution < 1.29 is 0 Å². The third-order valence-electron chi connectivity index (χ3n) is 11.5. The highest BCUT2D eigenvalue weighted by Crippen LogP contribution is 2.41. The van der Waals surface area contributed by atoms with Gasteiger partial charge in [-0.05, 0) is 117 Å². The quantitative estimate of drug-likeness (QED) is 0.168. The Morgan fingerprint density at radius 3 is 1.48 bits per heavy atom. The molecule has 0 aliphatic rings. The summed E-state index contributed by atoms with van der Waals surface area (Å²) in [6.07, 6.45) is 3.72. The lowest BCUT2D eigenvalue weighted by Crippen LogP contribution is -1.97. The lowest BCUT2D eigenvalue weighted by atomic mass is 9.94. The highest BCUT2D eigenvalue weighted by atomic mass is 32.1. The average Bonchev–Trinajstić information content (AvgIpc) is 3.89. The molecule has 0 aliphatic heterocycles. The number of benzene rings is 8. The molecule has 12 aromatic rings. The molecular formula is C55H33N3S2. The number of hydrogen-bond donors (Lipinski definition) is 0. The molecule has 0 N–H and O–H groups in total. The third-order valence-corrected chi connectivity index (χ3v) is 13.8. The Labute approximate surface area is 354 Å². The smallest absolute Gasteiger partial charge is 0.160 e. The van der Waals surface area contributed by atoms with Gasteiger partial charge in [-0.25, -0.2) is 9.97 Å². The number of nitrogens with zero attached hydrogens (tertiary/aromatic N) is 3. The molecule has 0 fully saturated rings. The fourth-order valence-corrected chi connectivity index (χ4v) is 10.7. The molecule has 0 spiro atoms. The molecule has 0 bridgehead atoms. The van der Waals surface area contributed by atoms with Gasteiger partial charge in [-0.3, -0.25) is 4.98 Å². The van der Waals surface area contributed by atoms with Crippen LogP contribution in [0.3, 0.4) is 0 Å². The molecule has 8 aromatic carbocycles. The van der Waals surface area contributed by atoms with E-state index < -0.39 is 0 Å². The highest BCUT2D eigenvalue weighted by molar-refractivity contribution is 7.26. The molecule has 4 heterocycles. The van der Waals surface area contributed by atoms with E-state index in [9.17, 15) is 0 Å². The number of aromatic nitrogens is 3. The van der Waals surface area contributed by atoms with Crippen LogP contribution in [0.2, 0.25) is 0 Å². The van der Waals surface area contributed by atoms with Crippen molar-refractivity contribution in [1.29, 1.82) is 0 Å². The summed E-state index contributed by atoms with van der Waals surface area (Å²) in [5.74, 6) is 0.676. The highest BCUT2D eigenvalue weighted by Gasteiger charge is 2.17. The number of rotatable bonds is 6. The molecule has 4 aromatic heterocycles. The summed E-state index contributed by atoms with van der Waals surface area (Å²) < 4.78 is 5.18. The van der Waals surface area contributed by atoms with Gasteiger partial charge < -0.3 is 0 Å². The third kappa shape index (κ3) is 6.15. The van der Waals surface area contributed by atoms with Crippen LogP contribution in [0, 0.1) is 0 Å². The number of fused-ring (bicyclic) bond motifs is 7. The number of pyridine rings is 1. The minimum absolute atomic E-state index is 0.676. The standard InChI is InChI=1S/C55H33N3S2/c1-2-10-35-25-40(19-18-34(35)9-1)50-32-49(39-12-7-11-36(26-39)41-13-8-24-56-33-41)57-55(58-50)44-28-42(37-20-22-53-47(30-37)45-14-3-5-16-51(45)59-53)27-43(29-44)38-21-23-54-48(31-38)46-15-4-6-17-52(46)60-54/h1-33H. The van der Waals surface area contributed by atoms with E-state index in [0.29, 0.717) is 5.82 Å². The zero-order valence-corrected chi connectivity index (χ0v) is 33.8. The van der Waals surface area contributed by atoms with Crippen molar-refractivity contribution in [2.45, 2.75) is 0 Å². The number of thiophene rings is 2. The van der Waals surface area contributed by atoms with Crippen LogP contribution < -0.4 is 0 Å². The molecule has 0 amide bonds. The van der Waals surface area contributed by atoms with Crippen molar-refractivity contribution in [2.24, 2.45) is 0 Å². The minimum Gasteiger partial charge on any atom is -0.264 e. The Morgan fingerprint density at radius 2 is 0.817 bits per heavy atom. The number of hydrogen-bond acceptors (Lipinski definition) is 5. The van der Waals surface area contributed by atoms with Crippen LogP contribution in [0.15, 0.2) is 200 Å². The Balaban J connectivity index is 1.09. The van der Waals surface area contributed by atoms with Crippen LogP contribution in [-0.4, -0.2) is 15.0 Å². The summed E-state index contributed by atoms with van der Waals surface area (Å²) in [4.78, 5) is 15.2. The molecule has 5 heteroatoms. The molecule has 280 valence electrons. The van der Waals surface area contributed by atoms with Gasteiger partial charge in [-0.2, -0.15) is 0 Å². The van der Waals surface area contributed by atoms with E-state index in [1.807, 2.05) is 41.1 Å². The van der Waals surface area contributed by atoms with Crippen molar-refractivity contribution in [1.82, 2.24) is 15.0 Å². The van der Waals surface area contributed by atoms with Crippen molar-refractivity contribution in [3.05, 3.63) is 200 Å². The summed E-state index contributed by atoms with van der Waals surface area (Å²) >= 11 is 3.69. The van der Waals surface area contributed by atoms with Crippen LogP contribution in [0.1, 0.15) is 0 Å². The molecule has 0 saturated carbocycles. The zero-order chi connectivity index (χ0) is 39.6. The van der Waals surface area contributed by atoms with Gasteiger partial charge >= 0.3 is 0 Å². The van der Waals surface area contributed by atoms with Gasteiger partial charge in [-0.15, -0.1) is 22.7 Å². The Bertz CT molecular complexity index is 3490. The Hall–Kier alpha value is -7.31. The fraction of sp³-hybridized carbons (Fsp3) is 0. The van der Waals surface area contributed by atoms with Crippen LogP contribution in [0.4, 0.5) is 0 Å².